The largest absolute Gasteiger partial charge is 0.289 e. The van der Waals surface area contributed by atoms with Crippen LogP contribution in [0.3, 0.4) is 0 Å². The van der Waals surface area contributed by atoms with Crippen LogP contribution in [0.4, 0.5) is 0 Å². The predicted molar refractivity (Wildman–Crippen MR) is 79.0 cm³/mol. The lowest BCUT2D eigenvalue weighted by Crippen LogP contribution is -2.44. The van der Waals surface area contributed by atoms with Gasteiger partial charge in [-0.1, -0.05) is 48.0 Å². The van der Waals surface area contributed by atoms with E-state index in [-0.39, 0.29) is 4.90 Å². The Balaban J connectivity index is 2.80. The van der Waals surface area contributed by atoms with E-state index in [1.165, 1.54) is 25.1 Å². The zero-order chi connectivity index (χ0) is 15.0. The Kier molecular flexibility index (Phi) is 3.74. The molecule has 6 heteroatoms. The number of rotatable bonds is 3. The number of halogens is 1. The van der Waals surface area contributed by atoms with E-state index in [1.807, 2.05) is 18.2 Å². The number of hydrogen-bond acceptors (Lipinski definition) is 4. The molecule has 0 fully saturated rings. The fourth-order valence-corrected chi connectivity index (χ4v) is 3.85. The van der Waals surface area contributed by atoms with Crippen LogP contribution in [0.15, 0.2) is 47.4 Å². The lowest BCUT2D eigenvalue weighted by Gasteiger charge is -2.26. The summed E-state index contributed by atoms with van der Waals surface area (Å²) in [7, 11) is -1.13. The summed E-state index contributed by atoms with van der Waals surface area (Å²) in [6.45, 7) is 0. The first kappa shape index (κ1) is 14.8. The van der Waals surface area contributed by atoms with Gasteiger partial charge < -0.3 is 0 Å². The summed E-state index contributed by atoms with van der Waals surface area (Å²) in [5.74, 6) is 0. The lowest BCUT2D eigenvalue weighted by atomic mass is 10.1. The van der Waals surface area contributed by atoms with Crippen molar-refractivity contribution in [1.29, 1.82) is 5.26 Å². The summed E-state index contributed by atoms with van der Waals surface area (Å²) in [5, 5.41) is 10.6. The van der Waals surface area contributed by atoms with Gasteiger partial charge >= 0.3 is 0 Å². The number of fused-ring (bicyclic) bond motifs is 1. The van der Waals surface area contributed by atoms with Gasteiger partial charge in [0.15, 0.2) is 0 Å². The van der Waals surface area contributed by atoms with Crippen molar-refractivity contribution in [3.63, 3.8) is 0 Å². The summed E-state index contributed by atoms with van der Waals surface area (Å²) < 4.78 is 23.4. The fourth-order valence-electron chi connectivity index (χ4n) is 1.98. The van der Waals surface area contributed by atoms with Crippen LogP contribution in [-0.2, 0) is 9.84 Å². The third-order valence-electron chi connectivity index (χ3n) is 3.11. The minimum absolute atomic E-state index is 0.0563. The highest BCUT2D eigenvalue weighted by Crippen LogP contribution is 2.34. The molecule has 1 atom stereocenters. The molecular weight excluding hydrogens is 296 g/mol. The first-order valence-corrected chi connectivity index (χ1v) is 7.70. The number of alkyl halides is 1. The normalized spacial score (nSPS) is 14.9. The van der Waals surface area contributed by atoms with Gasteiger partial charge in [0.05, 0.1) is 4.90 Å². The van der Waals surface area contributed by atoms with Crippen LogP contribution < -0.4 is 0 Å². The van der Waals surface area contributed by atoms with Gasteiger partial charge in [0.2, 0.25) is 9.84 Å². The maximum Gasteiger partial charge on any atom is 0.289 e. The van der Waals surface area contributed by atoms with Crippen LogP contribution in [0.5, 0.6) is 0 Å². The molecular formula is C14H13ClN2O2S. The maximum atomic E-state index is 12.7. The highest BCUT2D eigenvalue weighted by Gasteiger charge is 2.46. The summed E-state index contributed by atoms with van der Waals surface area (Å²) >= 11 is 6.06. The van der Waals surface area contributed by atoms with Gasteiger partial charge in [-0.15, -0.1) is 0 Å². The molecule has 0 aromatic heterocycles. The molecule has 0 radical (unpaired) electrons. The Labute approximate surface area is 123 Å². The molecule has 2 rings (SSSR count). The molecule has 0 aliphatic heterocycles. The van der Waals surface area contributed by atoms with Gasteiger partial charge in [0.25, 0.3) is 4.33 Å². The van der Waals surface area contributed by atoms with Crippen molar-refractivity contribution in [2.45, 2.75) is 9.23 Å². The van der Waals surface area contributed by atoms with Crippen LogP contribution in [0.1, 0.15) is 0 Å². The van der Waals surface area contributed by atoms with Crippen molar-refractivity contribution in [1.82, 2.24) is 4.90 Å². The van der Waals surface area contributed by atoms with Gasteiger partial charge in [-0.2, -0.15) is 5.26 Å². The third kappa shape index (κ3) is 2.06. The van der Waals surface area contributed by atoms with Crippen molar-refractivity contribution in [3.8, 4) is 6.07 Å². The molecule has 0 aliphatic carbocycles. The van der Waals surface area contributed by atoms with Crippen LogP contribution in [0.25, 0.3) is 10.8 Å². The second kappa shape index (κ2) is 5.06. The van der Waals surface area contributed by atoms with E-state index in [0.717, 1.165) is 5.39 Å². The molecule has 0 aliphatic rings. The molecule has 104 valence electrons. The van der Waals surface area contributed by atoms with Crippen molar-refractivity contribution in [2.75, 3.05) is 14.1 Å². The quantitative estimate of drug-likeness (QED) is 0.646. The van der Waals surface area contributed by atoms with E-state index in [4.69, 9.17) is 11.6 Å². The molecule has 0 spiro atoms. The number of hydrogen-bond donors (Lipinski definition) is 0. The Morgan fingerprint density at radius 1 is 1.15 bits per heavy atom. The van der Waals surface area contributed by atoms with Gasteiger partial charge in [-0.3, -0.25) is 4.90 Å². The predicted octanol–water partition coefficient (Wildman–Crippen LogP) is 2.59. The molecule has 0 saturated carbocycles. The second-order valence-electron chi connectivity index (χ2n) is 4.55. The van der Waals surface area contributed by atoms with E-state index in [2.05, 4.69) is 0 Å². The minimum Gasteiger partial charge on any atom is -0.266 e. The van der Waals surface area contributed by atoms with Crippen LogP contribution in [-0.4, -0.2) is 31.7 Å². The molecule has 20 heavy (non-hydrogen) atoms. The molecule has 0 amide bonds. The first-order valence-electron chi connectivity index (χ1n) is 5.84. The minimum atomic E-state index is -4.05. The topological polar surface area (TPSA) is 61.2 Å². The summed E-state index contributed by atoms with van der Waals surface area (Å²) in [4.78, 5) is 1.24. The van der Waals surface area contributed by atoms with E-state index in [1.54, 1.807) is 24.3 Å². The van der Waals surface area contributed by atoms with Crippen LogP contribution in [0, 0.1) is 11.3 Å². The summed E-state index contributed by atoms with van der Waals surface area (Å²) in [5.41, 5.74) is 0. The highest BCUT2D eigenvalue weighted by atomic mass is 35.5. The standard InChI is InChI=1S/C14H13ClN2O2S/c1-17(2)14(15,10-16)20(18,19)13-9-5-7-11-6-3-4-8-12(11)13/h3-9H,1-2H3. The SMILES string of the molecule is CN(C)C(Cl)(C#N)S(=O)(=O)c1cccc2ccccc12. The summed E-state index contributed by atoms with van der Waals surface area (Å²) in [6, 6.07) is 13.7. The van der Waals surface area contributed by atoms with Crippen molar-refractivity contribution < 1.29 is 8.42 Å². The smallest absolute Gasteiger partial charge is 0.266 e. The number of sulfone groups is 1. The Hall–Kier alpha value is -1.61. The van der Waals surface area contributed by atoms with Gasteiger partial charge in [-0.25, -0.2) is 8.42 Å². The van der Waals surface area contributed by atoms with E-state index in [0.29, 0.717) is 5.39 Å². The number of nitrogens with zero attached hydrogens (tertiary/aromatic N) is 2. The molecule has 0 saturated heterocycles. The highest BCUT2D eigenvalue weighted by molar-refractivity contribution is 7.94. The van der Waals surface area contributed by atoms with Gasteiger partial charge in [0.1, 0.15) is 6.07 Å². The Morgan fingerprint density at radius 2 is 1.75 bits per heavy atom. The maximum absolute atomic E-state index is 12.7. The third-order valence-corrected chi connectivity index (χ3v) is 6.24. The van der Waals surface area contributed by atoms with Gasteiger partial charge in [-0.05, 0) is 25.5 Å². The Bertz CT molecular complexity index is 791. The fraction of sp³-hybridized carbons (Fsp3) is 0.214. The first-order chi connectivity index (χ1) is 9.34. The average molecular weight is 309 g/mol. The molecule has 2 aromatic rings. The zero-order valence-electron chi connectivity index (χ0n) is 11.0. The van der Waals surface area contributed by atoms with E-state index >= 15 is 0 Å². The van der Waals surface area contributed by atoms with Crippen molar-refractivity contribution in [3.05, 3.63) is 42.5 Å². The van der Waals surface area contributed by atoms with Gasteiger partial charge in [0, 0.05) is 5.39 Å². The molecule has 0 heterocycles. The molecule has 2 aromatic carbocycles. The zero-order valence-corrected chi connectivity index (χ0v) is 12.6. The summed E-state index contributed by atoms with van der Waals surface area (Å²) in [6.07, 6.45) is 0. The lowest BCUT2D eigenvalue weighted by molar-refractivity contribution is 0.378. The molecule has 4 nitrogen and oxygen atoms in total. The van der Waals surface area contributed by atoms with Crippen molar-refractivity contribution in [2.24, 2.45) is 0 Å². The average Bonchev–Trinajstić information content (AvgIpc) is 2.45. The number of nitriles is 1. The molecule has 0 N–H and O–H groups in total. The molecule has 0 bridgehead atoms. The number of benzene rings is 2. The Morgan fingerprint density at radius 3 is 2.35 bits per heavy atom. The van der Waals surface area contributed by atoms with E-state index in [9.17, 15) is 13.7 Å². The van der Waals surface area contributed by atoms with E-state index < -0.39 is 14.2 Å². The van der Waals surface area contributed by atoms with Crippen molar-refractivity contribution >= 4 is 32.2 Å². The second-order valence-corrected chi connectivity index (χ2v) is 7.36. The van der Waals surface area contributed by atoms with Crippen LogP contribution in [0.2, 0.25) is 0 Å². The monoisotopic (exact) mass is 308 g/mol. The molecule has 1 unspecified atom stereocenters. The van der Waals surface area contributed by atoms with Crippen LogP contribution >= 0.6 is 11.6 Å².